The predicted molar refractivity (Wildman–Crippen MR) is 83.9 cm³/mol. The molecule has 1 aromatic heterocycles. The maximum Gasteiger partial charge on any atom is 0.303 e. The van der Waals surface area contributed by atoms with Crippen molar-refractivity contribution in [2.75, 3.05) is 0 Å². The van der Waals surface area contributed by atoms with Crippen LogP contribution in [0.3, 0.4) is 0 Å². The van der Waals surface area contributed by atoms with E-state index in [1.54, 1.807) is 0 Å². The van der Waals surface area contributed by atoms with Crippen LogP contribution in [0.4, 0.5) is 0 Å². The lowest BCUT2D eigenvalue weighted by Gasteiger charge is -1.99. The number of carboxylic acids is 2. The van der Waals surface area contributed by atoms with Crippen molar-refractivity contribution in [3.8, 4) is 0 Å². The van der Waals surface area contributed by atoms with E-state index in [2.05, 4.69) is 12.1 Å². The van der Waals surface area contributed by atoms with Crippen LogP contribution in [-0.4, -0.2) is 22.2 Å². The van der Waals surface area contributed by atoms with Crippen molar-refractivity contribution in [1.82, 2.24) is 0 Å². The quantitative estimate of drug-likeness (QED) is 0.569. The molecule has 1 heterocycles. The summed E-state index contributed by atoms with van der Waals surface area (Å²) in [6, 6.07) is 4.31. The maximum absolute atomic E-state index is 10.4. The zero-order valence-corrected chi connectivity index (χ0v) is 13.2. The summed E-state index contributed by atoms with van der Waals surface area (Å²) in [6.07, 6.45) is 8.19. The average molecular weight is 312 g/mol. The monoisotopic (exact) mass is 312 g/mol. The smallest absolute Gasteiger partial charge is 0.303 e. The molecule has 0 aliphatic carbocycles. The Kier molecular flexibility index (Phi) is 8.74. The predicted octanol–water partition coefficient (Wildman–Crippen LogP) is 4.12. The van der Waals surface area contributed by atoms with Gasteiger partial charge in [0.2, 0.25) is 0 Å². The number of thiophene rings is 1. The molecule has 4 nitrogen and oxygen atoms in total. The van der Waals surface area contributed by atoms with Crippen molar-refractivity contribution in [3.63, 3.8) is 0 Å². The largest absolute Gasteiger partial charge is 0.481 e. The molecule has 0 amide bonds. The molecule has 0 saturated heterocycles. The van der Waals surface area contributed by atoms with Gasteiger partial charge in [0.25, 0.3) is 0 Å². The van der Waals surface area contributed by atoms with Crippen molar-refractivity contribution in [1.29, 1.82) is 0 Å². The number of hydrogen-bond acceptors (Lipinski definition) is 3. The minimum Gasteiger partial charge on any atom is -0.481 e. The molecule has 0 aliphatic heterocycles. The molecule has 2 N–H and O–H groups in total. The van der Waals surface area contributed by atoms with Crippen LogP contribution in [0.25, 0.3) is 0 Å². The van der Waals surface area contributed by atoms with E-state index in [1.807, 2.05) is 11.3 Å². The topological polar surface area (TPSA) is 74.6 Å². The number of unbranched alkanes of at least 4 members (excludes halogenated alkanes) is 4. The second-order valence-electron chi connectivity index (χ2n) is 5.28. The minimum absolute atomic E-state index is 0.259. The third kappa shape index (κ3) is 9.24. The Bertz CT molecular complexity index is 439. The number of hydrogen-bond donors (Lipinski definition) is 2. The summed E-state index contributed by atoms with van der Waals surface area (Å²) in [7, 11) is 0. The summed E-state index contributed by atoms with van der Waals surface area (Å²) in [4.78, 5) is 23.5. The van der Waals surface area contributed by atoms with Gasteiger partial charge in [0.05, 0.1) is 0 Å². The normalized spacial score (nSPS) is 10.7. The lowest BCUT2D eigenvalue weighted by atomic mass is 10.1. The molecule has 0 fully saturated rings. The first-order valence-corrected chi connectivity index (χ1v) is 8.41. The van der Waals surface area contributed by atoms with Crippen LogP contribution in [0.5, 0.6) is 0 Å². The van der Waals surface area contributed by atoms with Gasteiger partial charge in [0, 0.05) is 22.6 Å². The molecule has 21 heavy (non-hydrogen) atoms. The first-order valence-electron chi connectivity index (χ1n) is 7.59. The molecule has 0 aliphatic rings. The van der Waals surface area contributed by atoms with Crippen LogP contribution in [0, 0.1) is 0 Å². The molecule has 0 atom stereocenters. The highest BCUT2D eigenvalue weighted by molar-refractivity contribution is 7.11. The summed E-state index contributed by atoms with van der Waals surface area (Å²) >= 11 is 1.82. The fourth-order valence-electron chi connectivity index (χ4n) is 2.20. The van der Waals surface area contributed by atoms with E-state index in [0.717, 1.165) is 51.4 Å². The molecule has 0 saturated carbocycles. The first kappa shape index (κ1) is 17.7. The molecule has 0 spiro atoms. The van der Waals surface area contributed by atoms with Crippen LogP contribution < -0.4 is 0 Å². The van der Waals surface area contributed by atoms with E-state index in [0.29, 0.717) is 0 Å². The maximum atomic E-state index is 10.4. The molecule has 118 valence electrons. The standard InChI is InChI=1S/C16H24O4S/c17-15(18)9-4-2-1-3-7-13-11-12-14(21-13)8-5-6-10-16(19)20/h11-12H,1-10H2,(H,17,18)(H,19,20). The molecule has 0 aromatic carbocycles. The highest BCUT2D eigenvalue weighted by atomic mass is 32.1. The highest BCUT2D eigenvalue weighted by Gasteiger charge is 2.02. The Balaban J connectivity index is 2.08. The van der Waals surface area contributed by atoms with Gasteiger partial charge in [-0.3, -0.25) is 9.59 Å². The fourth-order valence-corrected chi connectivity index (χ4v) is 3.30. The Hall–Kier alpha value is -1.36. The molecular formula is C16H24O4S. The van der Waals surface area contributed by atoms with E-state index in [-0.39, 0.29) is 12.8 Å². The molecule has 0 radical (unpaired) electrons. The van der Waals surface area contributed by atoms with Crippen LogP contribution in [0.2, 0.25) is 0 Å². The lowest BCUT2D eigenvalue weighted by molar-refractivity contribution is -0.138. The van der Waals surface area contributed by atoms with Crippen molar-refractivity contribution in [2.24, 2.45) is 0 Å². The van der Waals surface area contributed by atoms with E-state index < -0.39 is 11.9 Å². The first-order chi connectivity index (χ1) is 10.1. The molecule has 0 unspecified atom stereocenters. The minimum atomic E-state index is -0.718. The average Bonchev–Trinajstić information content (AvgIpc) is 2.86. The fraction of sp³-hybridized carbons (Fsp3) is 0.625. The van der Waals surface area contributed by atoms with Gasteiger partial charge in [-0.25, -0.2) is 0 Å². The second kappa shape index (κ2) is 10.4. The zero-order chi connectivity index (χ0) is 15.5. The number of aliphatic carboxylic acids is 2. The van der Waals surface area contributed by atoms with Crippen LogP contribution in [0.1, 0.15) is 61.1 Å². The zero-order valence-electron chi connectivity index (χ0n) is 12.3. The van der Waals surface area contributed by atoms with Gasteiger partial charge in [0.1, 0.15) is 0 Å². The molecular weight excluding hydrogens is 288 g/mol. The lowest BCUT2D eigenvalue weighted by Crippen LogP contribution is -1.94. The Morgan fingerprint density at radius 2 is 1.19 bits per heavy atom. The van der Waals surface area contributed by atoms with Gasteiger partial charge in [-0.1, -0.05) is 12.8 Å². The van der Waals surface area contributed by atoms with E-state index in [1.165, 1.54) is 9.75 Å². The summed E-state index contributed by atoms with van der Waals surface area (Å²) in [5, 5.41) is 17.1. The third-order valence-corrected chi connectivity index (χ3v) is 4.55. The third-order valence-electron chi connectivity index (χ3n) is 3.34. The van der Waals surface area contributed by atoms with E-state index in [9.17, 15) is 9.59 Å². The molecule has 1 aromatic rings. The highest BCUT2D eigenvalue weighted by Crippen LogP contribution is 2.21. The van der Waals surface area contributed by atoms with Crippen LogP contribution >= 0.6 is 11.3 Å². The van der Waals surface area contributed by atoms with Crippen molar-refractivity contribution in [2.45, 2.75) is 64.2 Å². The van der Waals surface area contributed by atoms with Crippen molar-refractivity contribution >= 4 is 23.3 Å². The Morgan fingerprint density at radius 1 is 0.762 bits per heavy atom. The second-order valence-corrected chi connectivity index (χ2v) is 6.53. The van der Waals surface area contributed by atoms with E-state index >= 15 is 0 Å². The molecule has 1 rings (SSSR count). The molecule has 0 bridgehead atoms. The summed E-state index contributed by atoms with van der Waals surface area (Å²) in [5.74, 6) is -1.43. The van der Waals surface area contributed by atoms with Crippen molar-refractivity contribution < 1.29 is 19.8 Å². The Labute approximate surface area is 129 Å². The number of carboxylic acid groups (broad SMARTS) is 2. The molecule has 5 heteroatoms. The van der Waals surface area contributed by atoms with Gasteiger partial charge in [-0.2, -0.15) is 0 Å². The van der Waals surface area contributed by atoms with Gasteiger partial charge >= 0.3 is 11.9 Å². The summed E-state index contributed by atoms with van der Waals surface area (Å²) < 4.78 is 0. The van der Waals surface area contributed by atoms with Crippen molar-refractivity contribution in [3.05, 3.63) is 21.9 Å². The van der Waals surface area contributed by atoms with Crippen LogP contribution in [-0.2, 0) is 22.4 Å². The van der Waals surface area contributed by atoms with Gasteiger partial charge in [-0.15, -0.1) is 11.3 Å². The SMILES string of the molecule is O=C(O)CCCCCCc1ccc(CCCCC(=O)O)s1. The number of aryl methyl sites for hydroxylation is 2. The van der Waals surface area contributed by atoms with Gasteiger partial charge in [0.15, 0.2) is 0 Å². The summed E-state index contributed by atoms with van der Waals surface area (Å²) in [5.41, 5.74) is 0. The van der Waals surface area contributed by atoms with E-state index in [4.69, 9.17) is 10.2 Å². The van der Waals surface area contributed by atoms with Gasteiger partial charge in [-0.05, 0) is 50.7 Å². The van der Waals surface area contributed by atoms with Crippen LogP contribution in [0.15, 0.2) is 12.1 Å². The summed E-state index contributed by atoms with van der Waals surface area (Å²) in [6.45, 7) is 0. The van der Waals surface area contributed by atoms with Gasteiger partial charge < -0.3 is 10.2 Å². The number of carbonyl (C=O) groups is 2. The Morgan fingerprint density at radius 3 is 1.71 bits per heavy atom. The number of rotatable bonds is 12.